The standard InChI is InChI=1S/C12H14FNO7/c13-21-12(15)9-19-6-5-18-7-8-20-11-3-1-10(2-4-11)14(16)17/h1-4H,5-9H2. The van der Waals surface area contributed by atoms with E-state index in [1.807, 2.05) is 0 Å². The number of benzene rings is 1. The number of carbonyl (C=O) groups is 1. The van der Waals surface area contributed by atoms with Crippen LogP contribution in [0.4, 0.5) is 10.2 Å². The molecule has 0 amide bonds. The van der Waals surface area contributed by atoms with Gasteiger partial charge >= 0.3 is 5.97 Å². The Hall–Kier alpha value is -2.26. The maximum Gasteiger partial charge on any atom is 0.374 e. The lowest BCUT2D eigenvalue weighted by Crippen LogP contribution is -2.14. The molecule has 0 fully saturated rings. The summed E-state index contributed by atoms with van der Waals surface area (Å²) in [6, 6.07) is 5.66. The Morgan fingerprint density at radius 3 is 2.33 bits per heavy atom. The predicted molar refractivity (Wildman–Crippen MR) is 67.4 cm³/mol. The molecule has 0 saturated heterocycles. The minimum Gasteiger partial charge on any atom is -0.491 e. The number of hydrogen-bond donors (Lipinski definition) is 0. The normalized spacial score (nSPS) is 10.1. The summed E-state index contributed by atoms with van der Waals surface area (Å²) in [5.74, 6) is -0.609. The van der Waals surface area contributed by atoms with Crippen LogP contribution >= 0.6 is 0 Å². The summed E-state index contributed by atoms with van der Waals surface area (Å²) in [6.45, 7) is 0.382. The maximum atomic E-state index is 11.3. The Morgan fingerprint density at radius 1 is 1.10 bits per heavy atom. The summed E-state index contributed by atoms with van der Waals surface area (Å²) < 4.78 is 26.4. The van der Waals surface area contributed by atoms with Crippen molar-refractivity contribution in [2.24, 2.45) is 0 Å². The first-order valence-corrected chi connectivity index (χ1v) is 5.97. The molecule has 0 aromatic heterocycles. The molecule has 0 bridgehead atoms. The maximum absolute atomic E-state index is 11.3. The average Bonchev–Trinajstić information content (AvgIpc) is 2.50. The monoisotopic (exact) mass is 303 g/mol. The van der Waals surface area contributed by atoms with Gasteiger partial charge in [0, 0.05) is 16.7 Å². The summed E-state index contributed by atoms with van der Waals surface area (Å²) >= 11 is 0. The van der Waals surface area contributed by atoms with E-state index < -0.39 is 17.5 Å². The van der Waals surface area contributed by atoms with Crippen LogP contribution in [0, 0.1) is 10.1 Å². The highest BCUT2D eigenvalue weighted by molar-refractivity contribution is 5.69. The lowest BCUT2D eigenvalue weighted by Gasteiger charge is -2.07. The largest absolute Gasteiger partial charge is 0.491 e. The first kappa shape index (κ1) is 16.8. The second-order valence-corrected chi connectivity index (χ2v) is 3.71. The minimum absolute atomic E-state index is 0.0115. The number of ether oxygens (including phenoxy) is 3. The highest BCUT2D eigenvalue weighted by Gasteiger charge is 2.04. The summed E-state index contributed by atoms with van der Waals surface area (Å²) in [5, 5.41) is 10.4. The van der Waals surface area contributed by atoms with Gasteiger partial charge in [0.15, 0.2) is 0 Å². The third-order valence-corrected chi connectivity index (χ3v) is 2.22. The molecular weight excluding hydrogens is 289 g/mol. The van der Waals surface area contributed by atoms with Gasteiger partial charge in [-0.2, -0.15) is 0 Å². The molecule has 116 valence electrons. The first-order chi connectivity index (χ1) is 10.1. The number of halogens is 1. The van der Waals surface area contributed by atoms with Crippen molar-refractivity contribution in [1.29, 1.82) is 0 Å². The van der Waals surface area contributed by atoms with Crippen LogP contribution in [-0.2, 0) is 19.2 Å². The van der Waals surface area contributed by atoms with Gasteiger partial charge in [-0.15, -0.1) is 0 Å². The highest BCUT2D eigenvalue weighted by Crippen LogP contribution is 2.16. The molecule has 0 saturated carbocycles. The summed E-state index contributed by atoms with van der Waals surface area (Å²) in [4.78, 5) is 23.2. The van der Waals surface area contributed by atoms with E-state index in [9.17, 15) is 19.4 Å². The SMILES string of the molecule is O=C(COCCOCCOc1ccc([N+](=O)[O-])cc1)OF. The molecule has 21 heavy (non-hydrogen) atoms. The van der Waals surface area contributed by atoms with Crippen molar-refractivity contribution >= 4 is 11.7 Å². The van der Waals surface area contributed by atoms with E-state index in [4.69, 9.17) is 14.2 Å². The van der Waals surface area contributed by atoms with Crippen molar-refractivity contribution in [1.82, 2.24) is 0 Å². The summed E-state index contributed by atoms with van der Waals surface area (Å²) in [7, 11) is 0. The van der Waals surface area contributed by atoms with Crippen LogP contribution in [0.5, 0.6) is 5.75 Å². The van der Waals surface area contributed by atoms with E-state index in [-0.39, 0.29) is 32.1 Å². The van der Waals surface area contributed by atoms with E-state index in [0.29, 0.717) is 5.75 Å². The van der Waals surface area contributed by atoms with Crippen molar-refractivity contribution in [3.05, 3.63) is 34.4 Å². The van der Waals surface area contributed by atoms with Crippen molar-refractivity contribution in [3.8, 4) is 5.75 Å². The van der Waals surface area contributed by atoms with Crippen LogP contribution in [0.15, 0.2) is 24.3 Å². The molecule has 0 spiro atoms. The topological polar surface area (TPSA) is 97.1 Å². The van der Waals surface area contributed by atoms with Gasteiger partial charge in [-0.3, -0.25) is 15.1 Å². The third kappa shape index (κ3) is 7.18. The van der Waals surface area contributed by atoms with Crippen molar-refractivity contribution in [2.45, 2.75) is 0 Å². The van der Waals surface area contributed by atoms with E-state index >= 15 is 0 Å². The minimum atomic E-state index is -1.10. The van der Waals surface area contributed by atoms with Crippen LogP contribution in [0.3, 0.4) is 0 Å². The van der Waals surface area contributed by atoms with Gasteiger partial charge in [0.1, 0.15) is 19.0 Å². The molecule has 8 nitrogen and oxygen atoms in total. The lowest BCUT2D eigenvalue weighted by atomic mass is 10.3. The zero-order chi connectivity index (χ0) is 15.5. The average molecular weight is 303 g/mol. The van der Waals surface area contributed by atoms with E-state index in [1.165, 1.54) is 24.3 Å². The zero-order valence-corrected chi connectivity index (χ0v) is 11.0. The second kappa shape index (κ2) is 9.61. The number of non-ortho nitro benzene ring substituents is 1. The quantitative estimate of drug-likeness (QED) is 0.366. The van der Waals surface area contributed by atoms with Crippen molar-refractivity contribution in [2.75, 3.05) is 33.0 Å². The number of nitrogens with zero attached hydrogens (tertiary/aromatic N) is 1. The molecule has 1 rings (SSSR count). The first-order valence-electron chi connectivity index (χ1n) is 5.97. The summed E-state index contributed by atoms with van der Waals surface area (Å²) in [6.07, 6.45) is 0. The molecule has 0 aliphatic carbocycles. The van der Waals surface area contributed by atoms with Crippen LogP contribution in [-0.4, -0.2) is 43.9 Å². The Balaban J connectivity index is 2.04. The number of carbonyl (C=O) groups excluding carboxylic acids is 1. The van der Waals surface area contributed by atoms with Crippen molar-refractivity contribution in [3.63, 3.8) is 0 Å². The Morgan fingerprint density at radius 2 is 1.71 bits per heavy atom. The van der Waals surface area contributed by atoms with Gasteiger partial charge in [0.2, 0.25) is 0 Å². The van der Waals surface area contributed by atoms with Gasteiger partial charge in [0.05, 0.1) is 24.7 Å². The second-order valence-electron chi connectivity index (χ2n) is 3.71. The third-order valence-electron chi connectivity index (χ3n) is 2.22. The van der Waals surface area contributed by atoms with E-state index in [0.717, 1.165) is 0 Å². The lowest BCUT2D eigenvalue weighted by molar-refractivity contribution is -0.384. The molecule has 1 aromatic rings. The molecule has 0 aliphatic heterocycles. The fourth-order valence-corrected chi connectivity index (χ4v) is 1.28. The van der Waals surface area contributed by atoms with Gasteiger partial charge in [0.25, 0.3) is 5.69 Å². The number of nitro benzene ring substituents is 1. The molecule has 0 unspecified atom stereocenters. The Labute approximate surface area is 119 Å². The van der Waals surface area contributed by atoms with Crippen molar-refractivity contribution < 1.29 is 33.4 Å². The predicted octanol–water partition coefficient (Wildman–Crippen LogP) is 1.43. The fraction of sp³-hybridized carbons (Fsp3) is 0.417. The van der Waals surface area contributed by atoms with Crippen LogP contribution in [0.1, 0.15) is 0 Å². The van der Waals surface area contributed by atoms with Gasteiger partial charge in [-0.1, -0.05) is 0 Å². The van der Waals surface area contributed by atoms with E-state index in [2.05, 4.69) is 4.94 Å². The Kier molecular flexibility index (Phi) is 7.69. The number of nitro groups is 1. The zero-order valence-electron chi connectivity index (χ0n) is 11.0. The fourth-order valence-electron chi connectivity index (χ4n) is 1.28. The number of hydrogen-bond acceptors (Lipinski definition) is 7. The van der Waals surface area contributed by atoms with Gasteiger partial charge < -0.3 is 14.2 Å². The highest BCUT2D eigenvalue weighted by atomic mass is 19.3. The molecule has 0 atom stereocenters. The molecule has 1 aromatic carbocycles. The number of rotatable bonds is 10. The Bertz CT molecular complexity index is 451. The van der Waals surface area contributed by atoms with Crippen LogP contribution < -0.4 is 4.74 Å². The molecule has 0 radical (unpaired) electrons. The van der Waals surface area contributed by atoms with E-state index in [1.54, 1.807) is 0 Å². The molecule has 0 aliphatic rings. The van der Waals surface area contributed by atoms with Gasteiger partial charge in [-0.25, -0.2) is 4.79 Å². The molecule has 0 N–H and O–H groups in total. The molecular formula is C12H14FNO7. The smallest absolute Gasteiger partial charge is 0.374 e. The van der Waals surface area contributed by atoms with Gasteiger partial charge in [-0.05, 0) is 12.1 Å². The van der Waals surface area contributed by atoms with Crippen LogP contribution in [0.2, 0.25) is 0 Å². The van der Waals surface area contributed by atoms with Crippen LogP contribution in [0.25, 0.3) is 0 Å². The molecule has 9 heteroatoms. The molecule has 0 heterocycles. The summed E-state index contributed by atoms with van der Waals surface area (Å²) in [5.41, 5.74) is -0.0115.